The van der Waals surface area contributed by atoms with Gasteiger partial charge in [0.1, 0.15) is 0 Å². The van der Waals surface area contributed by atoms with Gasteiger partial charge in [-0.25, -0.2) is 0 Å². The van der Waals surface area contributed by atoms with Gasteiger partial charge >= 0.3 is 0 Å². The van der Waals surface area contributed by atoms with E-state index < -0.39 is 0 Å². The van der Waals surface area contributed by atoms with Gasteiger partial charge in [-0.1, -0.05) is 54.7 Å². The minimum absolute atomic E-state index is 0.899. The minimum Gasteiger partial charge on any atom is -0.378 e. The van der Waals surface area contributed by atoms with Crippen LogP contribution in [0.3, 0.4) is 0 Å². The first-order valence-corrected chi connectivity index (χ1v) is 5.96. The molecule has 1 nitrogen and oxygen atoms in total. The molecule has 0 bridgehead atoms. The highest BCUT2D eigenvalue weighted by atomic mass is 32.1. The van der Waals surface area contributed by atoms with Crippen LogP contribution in [-0.4, -0.2) is 19.0 Å². The Morgan fingerprint density at radius 3 is 1.88 bits per heavy atom. The third-order valence-corrected chi connectivity index (χ3v) is 3.15. The first-order valence-electron chi connectivity index (χ1n) is 5.55. The summed E-state index contributed by atoms with van der Waals surface area (Å²) in [5.41, 5.74) is 3.38. The molecule has 0 N–H and O–H groups in total. The Labute approximate surface area is 108 Å². The molecule has 0 atom stereocenters. The van der Waals surface area contributed by atoms with Crippen LogP contribution >= 0.6 is 12.2 Å². The van der Waals surface area contributed by atoms with Crippen molar-refractivity contribution in [3.8, 4) is 0 Å². The standard InChI is InChI=1S/C15H15NS/c1-16(2)14-10-8-13(9-11-14)15(17)12-6-4-3-5-7-12/h3-11H,1-2H3. The first-order chi connectivity index (χ1) is 8.18. The van der Waals surface area contributed by atoms with Gasteiger partial charge in [0.05, 0.1) is 4.86 Å². The SMILES string of the molecule is CN(C)c1ccc(C(=S)c2ccccc2)cc1. The van der Waals surface area contributed by atoms with E-state index in [0.717, 1.165) is 16.0 Å². The summed E-state index contributed by atoms with van der Waals surface area (Å²) in [7, 11) is 4.06. The van der Waals surface area contributed by atoms with Crippen LogP contribution in [0.4, 0.5) is 5.69 Å². The summed E-state index contributed by atoms with van der Waals surface area (Å²) < 4.78 is 0. The molecule has 0 fully saturated rings. The maximum Gasteiger partial charge on any atom is 0.0521 e. The fraction of sp³-hybridized carbons (Fsp3) is 0.133. The van der Waals surface area contributed by atoms with Crippen LogP contribution in [0.25, 0.3) is 0 Å². The highest BCUT2D eigenvalue weighted by Gasteiger charge is 2.04. The van der Waals surface area contributed by atoms with E-state index >= 15 is 0 Å². The molecule has 0 radical (unpaired) electrons. The number of anilines is 1. The summed E-state index contributed by atoms with van der Waals surface area (Å²) in [6.45, 7) is 0. The Balaban J connectivity index is 2.27. The number of hydrogen-bond acceptors (Lipinski definition) is 2. The van der Waals surface area contributed by atoms with E-state index in [4.69, 9.17) is 12.2 Å². The summed E-state index contributed by atoms with van der Waals surface area (Å²) in [6, 6.07) is 18.4. The molecule has 0 unspecified atom stereocenters. The summed E-state index contributed by atoms with van der Waals surface area (Å²) in [5, 5.41) is 0. The zero-order chi connectivity index (χ0) is 12.3. The third-order valence-electron chi connectivity index (χ3n) is 2.68. The molecule has 17 heavy (non-hydrogen) atoms. The quantitative estimate of drug-likeness (QED) is 0.597. The molecule has 2 aromatic carbocycles. The second-order valence-corrected chi connectivity index (χ2v) is 4.54. The van der Waals surface area contributed by atoms with E-state index in [1.165, 1.54) is 5.69 Å². The van der Waals surface area contributed by atoms with Gasteiger partial charge in [0.15, 0.2) is 0 Å². The minimum atomic E-state index is 0.899. The van der Waals surface area contributed by atoms with Gasteiger partial charge in [0.25, 0.3) is 0 Å². The zero-order valence-electron chi connectivity index (χ0n) is 10.1. The average molecular weight is 241 g/mol. The molecule has 2 heteroatoms. The molecule has 0 amide bonds. The molecule has 0 saturated heterocycles. The van der Waals surface area contributed by atoms with Crippen LogP contribution in [0, 0.1) is 0 Å². The molecule has 2 aromatic rings. The summed E-state index contributed by atoms with van der Waals surface area (Å²) in [5.74, 6) is 0. The maximum absolute atomic E-state index is 5.48. The van der Waals surface area contributed by atoms with Crippen LogP contribution in [-0.2, 0) is 0 Å². The van der Waals surface area contributed by atoms with Gasteiger partial charge in [0.2, 0.25) is 0 Å². The van der Waals surface area contributed by atoms with Crippen LogP contribution < -0.4 is 4.90 Å². The molecular formula is C15H15NS. The van der Waals surface area contributed by atoms with Crippen molar-refractivity contribution in [3.63, 3.8) is 0 Å². The molecular weight excluding hydrogens is 226 g/mol. The predicted molar refractivity (Wildman–Crippen MR) is 78.0 cm³/mol. The Hall–Kier alpha value is -1.67. The normalized spacial score (nSPS) is 10.0. The Morgan fingerprint density at radius 1 is 0.824 bits per heavy atom. The van der Waals surface area contributed by atoms with E-state index in [-0.39, 0.29) is 0 Å². The zero-order valence-corrected chi connectivity index (χ0v) is 10.9. The van der Waals surface area contributed by atoms with E-state index in [9.17, 15) is 0 Å². The second-order valence-electron chi connectivity index (χ2n) is 4.14. The van der Waals surface area contributed by atoms with Gasteiger partial charge in [0, 0.05) is 19.8 Å². The van der Waals surface area contributed by atoms with E-state index in [1.54, 1.807) is 0 Å². The smallest absolute Gasteiger partial charge is 0.0521 e. The first kappa shape index (κ1) is 11.8. The van der Waals surface area contributed by atoms with Crippen molar-refractivity contribution in [2.75, 3.05) is 19.0 Å². The summed E-state index contributed by atoms with van der Waals surface area (Å²) in [6.07, 6.45) is 0. The highest BCUT2D eigenvalue weighted by Crippen LogP contribution is 2.16. The highest BCUT2D eigenvalue weighted by molar-refractivity contribution is 7.81. The lowest BCUT2D eigenvalue weighted by Gasteiger charge is -2.13. The molecule has 0 aliphatic carbocycles. The van der Waals surface area contributed by atoms with Crippen LogP contribution in [0.2, 0.25) is 0 Å². The molecule has 0 spiro atoms. The molecule has 0 heterocycles. The number of nitrogens with zero attached hydrogens (tertiary/aromatic N) is 1. The fourth-order valence-electron chi connectivity index (χ4n) is 1.67. The predicted octanol–water partition coefficient (Wildman–Crippen LogP) is 3.52. The Kier molecular flexibility index (Phi) is 3.55. The molecule has 0 aromatic heterocycles. The second kappa shape index (κ2) is 5.11. The lowest BCUT2D eigenvalue weighted by atomic mass is 10.0. The summed E-state index contributed by atoms with van der Waals surface area (Å²) in [4.78, 5) is 2.98. The van der Waals surface area contributed by atoms with E-state index in [0.29, 0.717) is 0 Å². The lowest BCUT2D eigenvalue weighted by molar-refractivity contribution is 1.13. The van der Waals surface area contributed by atoms with Gasteiger partial charge in [-0.3, -0.25) is 0 Å². The number of benzene rings is 2. The van der Waals surface area contributed by atoms with Gasteiger partial charge in [-0.15, -0.1) is 0 Å². The summed E-state index contributed by atoms with van der Waals surface area (Å²) >= 11 is 5.48. The largest absolute Gasteiger partial charge is 0.378 e. The molecule has 0 aliphatic heterocycles. The number of rotatable bonds is 3. The lowest BCUT2D eigenvalue weighted by Crippen LogP contribution is -2.08. The van der Waals surface area contributed by atoms with Crippen LogP contribution in [0.15, 0.2) is 54.6 Å². The van der Waals surface area contributed by atoms with Crippen molar-refractivity contribution in [1.29, 1.82) is 0 Å². The molecule has 86 valence electrons. The van der Waals surface area contributed by atoms with E-state index in [1.807, 2.05) is 44.4 Å². The van der Waals surface area contributed by atoms with Gasteiger partial charge in [-0.2, -0.15) is 0 Å². The number of thiocarbonyl (C=S) groups is 1. The van der Waals surface area contributed by atoms with Crippen molar-refractivity contribution >= 4 is 22.8 Å². The van der Waals surface area contributed by atoms with Gasteiger partial charge < -0.3 is 4.90 Å². The Morgan fingerprint density at radius 2 is 1.35 bits per heavy atom. The van der Waals surface area contributed by atoms with Crippen molar-refractivity contribution in [1.82, 2.24) is 0 Å². The Bertz CT molecular complexity index is 500. The molecule has 0 saturated carbocycles. The van der Waals surface area contributed by atoms with Crippen molar-refractivity contribution in [3.05, 3.63) is 65.7 Å². The van der Waals surface area contributed by atoms with Crippen molar-refractivity contribution in [2.24, 2.45) is 0 Å². The number of hydrogen-bond donors (Lipinski definition) is 0. The van der Waals surface area contributed by atoms with Gasteiger partial charge in [-0.05, 0) is 23.3 Å². The van der Waals surface area contributed by atoms with Crippen LogP contribution in [0.5, 0.6) is 0 Å². The molecule has 0 aliphatic rings. The van der Waals surface area contributed by atoms with Crippen molar-refractivity contribution in [2.45, 2.75) is 0 Å². The fourth-order valence-corrected chi connectivity index (χ4v) is 1.94. The van der Waals surface area contributed by atoms with Crippen LogP contribution in [0.1, 0.15) is 11.1 Å². The third kappa shape index (κ3) is 2.71. The molecule has 2 rings (SSSR count). The topological polar surface area (TPSA) is 3.24 Å². The monoisotopic (exact) mass is 241 g/mol. The van der Waals surface area contributed by atoms with Crippen molar-refractivity contribution < 1.29 is 0 Å². The maximum atomic E-state index is 5.48. The average Bonchev–Trinajstić information content (AvgIpc) is 2.39. The van der Waals surface area contributed by atoms with E-state index in [2.05, 4.69) is 29.2 Å².